The van der Waals surface area contributed by atoms with E-state index in [2.05, 4.69) is 43.8 Å². The quantitative estimate of drug-likeness (QED) is 0.880. The van der Waals surface area contributed by atoms with Gasteiger partial charge in [0.05, 0.1) is 19.3 Å². The van der Waals surface area contributed by atoms with Gasteiger partial charge in [0.15, 0.2) is 0 Å². The van der Waals surface area contributed by atoms with Crippen molar-refractivity contribution in [1.82, 2.24) is 14.9 Å². The first-order chi connectivity index (χ1) is 9.65. The second-order valence-electron chi connectivity index (χ2n) is 4.62. The van der Waals surface area contributed by atoms with Gasteiger partial charge in [-0.1, -0.05) is 22.9 Å². The molecule has 0 spiro atoms. The molecular formula is C15H20BrN3O. The maximum Gasteiger partial charge on any atom is 0.119 e. The summed E-state index contributed by atoms with van der Waals surface area (Å²) in [5.74, 6) is 1.89. The SMILES string of the molecule is CCNCc1cnc(C)n1Cc1cc(OC)ccc1Br. The standard InChI is InChI=1S/C15H20BrN3O/c1-4-17-8-13-9-18-11(2)19(13)10-12-7-14(20-3)5-6-15(12)16/h5-7,9,17H,4,8,10H2,1-3H3. The van der Waals surface area contributed by atoms with Gasteiger partial charge in [-0.2, -0.15) is 0 Å². The molecule has 1 aromatic carbocycles. The van der Waals surface area contributed by atoms with Gasteiger partial charge < -0.3 is 14.6 Å². The minimum absolute atomic E-state index is 0.782. The number of aromatic nitrogens is 2. The van der Waals surface area contributed by atoms with E-state index in [4.69, 9.17) is 4.74 Å². The van der Waals surface area contributed by atoms with E-state index < -0.39 is 0 Å². The zero-order valence-electron chi connectivity index (χ0n) is 12.1. The first-order valence-corrected chi connectivity index (χ1v) is 7.49. The number of methoxy groups -OCH3 is 1. The Labute approximate surface area is 128 Å². The number of rotatable bonds is 6. The number of halogens is 1. The molecule has 2 aromatic rings. The zero-order valence-corrected chi connectivity index (χ0v) is 13.7. The molecule has 0 atom stereocenters. The Kier molecular flexibility index (Phi) is 5.20. The zero-order chi connectivity index (χ0) is 14.5. The molecule has 0 radical (unpaired) electrons. The summed E-state index contributed by atoms with van der Waals surface area (Å²) in [5.41, 5.74) is 2.38. The summed E-state index contributed by atoms with van der Waals surface area (Å²) < 4.78 is 8.60. The van der Waals surface area contributed by atoms with Gasteiger partial charge in [-0.15, -0.1) is 0 Å². The van der Waals surface area contributed by atoms with Crippen LogP contribution in [-0.4, -0.2) is 23.2 Å². The minimum atomic E-state index is 0.782. The smallest absolute Gasteiger partial charge is 0.119 e. The van der Waals surface area contributed by atoms with Crippen LogP contribution in [0.2, 0.25) is 0 Å². The van der Waals surface area contributed by atoms with Crippen molar-refractivity contribution in [3.05, 3.63) is 46.0 Å². The fourth-order valence-corrected chi connectivity index (χ4v) is 2.47. The number of imidazole rings is 1. The Hall–Kier alpha value is -1.33. The van der Waals surface area contributed by atoms with E-state index >= 15 is 0 Å². The Bertz CT molecular complexity index is 580. The van der Waals surface area contributed by atoms with Crippen LogP contribution in [0.25, 0.3) is 0 Å². The molecule has 0 fully saturated rings. The minimum Gasteiger partial charge on any atom is -0.497 e. The van der Waals surface area contributed by atoms with Crippen LogP contribution in [-0.2, 0) is 13.1 Å². The van der Waals surface area contributed by atoms with Crippen LogP contribution in [0.1, 0.15) is 24.0 Å². The van der Waals surface area contributed by atoms with Gasteiger partial charge >= 0.3 is 0 Å². The molecule has 1 N–H and O–H groups in total. The first-order valence-electron chi connectivity index (χ1n) is 6.69. The van der Waals surface area contributed by atoms with E-state index in [1.807, 2.05) is 25.3 Å². The van der Waals surface area contributed by atoms with Crippen molar-refractivity contribution in [2.24, 2.45) is 0 Å². The second-order valence-corrected chi connectivity index (χ2v) is 5.47. The number of aryl methyl sites for hydroxylation is 1. The predicted octanol–water partition coefficient (Wildman–Crippen LogP) is 3.12. The maximum absolute atomic E-state index is 5.30. The molecule has 0 unspecified atom stereocenters. The molecule has 0 amide bonds. The van der Waals surface area contributed by atoms with E-state index in [0.29, 0.717) is 0 Å². The molecule has 0 aliphatic carbocycles. The molecule has 4 nitrogen and oxygen atoms in total. The lowest BCUT2D eigenvalue weighted by Gasteiger charge is -2.13. The van der Waals surface area contributed by atoms with Crippen molar-refractivity contribution in [1.29, 1.82) is 0 Å². The van der Waals surface area contributed by atoms with Gasteiger partial charge in [0.25, 0.3) is 0 Å². The van der Waals surface area contributed by atoms with Crippen molar-refractivity contribution in [2.45, 2.75) is 26.9 Å². The Morgan fingerprint density at radius 3 is 2.90 bits per heavy atom. The summed E-state index contributed by atoms with van der Waals surface area (Å²) in [4.78, 5) is 4.41. The number of ether oxygens (including phenoxy) is 1. The van der Waals surface area contributed by atoms with Crippen LogP contribution in [0.5, 0.6) is 5.75 Å². The van der Waals surface area contributed by atoms with Gasteiger partial charge in [0, 0.05) is 17.2 Å². The predicted molar refractivity (Wildman–Crippen MR) is 84.1 cm³/mol. The van der Waals surface area contributed by atoms with Crippen molar-refractivity contribution in [3.63, 3.8) is 0 Å². The second kappa shape index (κ2) is 6.90. The number of nitrogens with zero attached hydrogens (tertiary/aromatic N) is 2. The fraction of sp³-hybridized carbons (Fsp3) is 0.400. The molecule has 0 saturated heterocycles. The summed E-state index contributed by atoms with van der Waals surface area (Å²) in [6, 6.07) is 6.03. The highest BCUT2D eigenvalue weighted by molar-refractivity contribution is 9.10. The highest BCUT2D eigenvalue weighted by Crippen LogP contribution is 2.24. The van der Waals surface area contributed by atoms with Crippen LogP contribution < -0.4 is 10.1 Å². The van der Waals surface area contributed by atoms with Gasteiger partial charge in [0.1, 0.15) is 11.6 Å². The maximum atomic E-state index is 5.30. The molecule has 108 valence electrons. The normalized spacial score (nSPS) is 10.8. The third-order valence-corrected chi connectivity index (χ3v) is 4.05. The monoisotopic (exact) mass is 337 g/mol. The molecule has 1 heterocycles. The number of benzene rings is 1. The Morgan fingerprint density at radius 1 is 1.40 bits per heavy atom. The van der Waals surface area contributed by atoms with Crippen LogP contribution in [0, 0.1) is 6.92 Å². The van der Waals surface area contributed by atoms with Gasteiger partial charge in [-0.25, -0.2) is 4.98 Å². The lowest BCUT2D eigenvalue weighted by Crippen LogP contribution is -2.16. The molecular weight excluding hydrogens is 318 g/mol. The molecule has 1 aromatic heterocycles. The van der Waals surface area contributed by atoms with Crippen molar-refractivity contribution in [3.8, 4) is 5.75 Å². The van der Waals surface area contributed by atoms with E-state index in [-0.39, 0.29) is 0 Å². The average Bonchev–Trinajstić information content (AvgIpc) is 2.80. The lowest BCUT2D eigenvalue weighted by molar-refractivity contribution is 0.414. The lowest BCUT2D eigenvalue weighted by atomic mass is 10.2. The molecule has 0 saturated carbocycles. The Morgan fingerprint density at radius 2 is 2.20 bits per heavy atom. The summed E-state index contributed by atoms with van der Waals surface area (Å²) in [6.45, 7) is 6.70. The summed E-state index contributed by atoms with van der Waals surface area (Å²) >= 11 is 3.60. The van der Waals surface area contributed by atoms with Crippen molar-refractivity contribution >= 4 is 15.9 Å². The first kappa shape index (κ1) is 15.1. The molecule has 5 heteroatoms. The number of hydrogen-bond donors (Lipinski definition) is 1. The van der Waals surface area contributed by atoms with Crippen LogP contribution in [0.4, 0.5) is 0 Å². The van der Waals surface area contributed by atoms with Crippen molar-refractivity contribution in [2.75, 3.05) is 13.7 Å². The third kappa shape index (κ3) is 3.41. The third-order valence-electron chi connectivity index (χ3n) is 3.28. The van der Waals surface area contributed by atoms with E-state index in [1.165, 1.54) is 11.3 Å². The van der Waals surface area contributed by atoms with E-state index in [0.717, 1.165) is 35.7 Å². The topological polar surface area (TPSA) is 39.1 Å². The number of nitrogens with one attached hydrogen (secondary N) is 1. The van der Waals surface area contributed by atoms with Crippen molar-refractivity contribution < 1.29 is 4.74 Å². The van der Waals surface area contributed by atoms with Crippen LogP contribution in [0.15, 0.2) is 28.9 Å². The van der Waals surface area contributed by atoms with Gasteiger partial charge in [-0.05, 0) is 37.2 Å². The highest BCUT2D eigenvalue weighted by atomic mass is 79.9. The number of hydrogen-bond acceptors (Lipinski definition) is 3. The Balaban J connectivity index is 2.27. The van der Waals surface area contributed by atoms with E-state index in [1.54, 1.807) is 7.11 Å². The average molecular weight is 338 g/mol. The largest absolute Gasteiger partial charge is 0.497 e. The molecule has 20 heavy (non-hydrogen) atoms. The van der Waals surface area contributed by atoms with Gasteiger partial charge in [0.2, 0.25) is 0 Å². The summed E-state index contributed by atoms with van der Waals surface area (Å²) in [7, 11) is 1.69. The highest BCUT2D eigenvalue weighted by Gasteiger charge is 2.09. The molecule has 0 aliphatic rings. The molecule has 2 rings (SSSR count). The fourth-order valence-electron chi connectivity index (χ4n) is 2.09. The van der Waals surface area contributed by atoms with E-state index in [9.17, 15) is 0 Å². The summed E-state index contributed by atoms with van der Waals surface area (Å²) in [6.07, 6.45) is 1.94. The van der Waals surface area contributed by atoms with Crippen LogP contribution in [0.3, 0.4) is 0 Å². The molecule has 0 aliphatic heterocycles. The summed E-state index contributed by atoms with van der Waals surface area (Å²) in [5, 5.41) is 3.34. The molecule has 0 bridgehead atoms. The van der Waals surface area contributed by atoms with Crippen LogP contribution >= 0.6 is 15.9 Å². The van der Waals surface area contributed by atoms with Gasteiger partial charge in [-0.3, -0.25) is 0 Å².